The summed E-state index contributed by atoms with van der Waals surface area (Å²) < 4.78 is 5.73. The van der Waals surface area contributed by atoms with Gasteiger partial charge in [0.1, 0.15) is 5.75 Å². The van der Waals surface area contributed by atoms with Crippen molar-refractivity contribution in [3.8, 4) is 5.75 Å². The maximum Gasteiger partial charge on any atom is 0.315 e. The smallest absolute Gasteiger partial charge is 0.315 e. The van der Waals surface area contributed by atoms with Gasteiger partial charge in [-0.05, 0) is 36.6 Å². The number of carbonyl (C=O) groups excluding carboxylic acids is 1. The lowest BCUT2D eigenvalue weighted by Gasteiger charge is -2.08. The lowest BCUT2D eigenvalue weighted by Crippen LogP contribution is -2.14. The van der Waals surface area contributed by atoms with E-state index in [0.717, 1.165) is 10.8 Å². The van der Waals surface area contributed by atoms with Crippen LogP contribution in [0.25, 0.3) is 10.8 Å². The molecular formula is C20H22O2. The normalized spacial score (nSPS) is 22.2. The van der Waals surface area contributed by atoms with E-state index in [4.69, 9.17) is 4.74 Å². The third-order valence-corrected chi connectivity index (χ3v) is 4.64. The summed E-state index contributed by atoms with van der Waals surface area (Å²) in [5, 5.41) is 2.07. The molecule has 2 aromatic rings. The Morgan fingerprint density at radius 2 is 1.77 bits per heavy atom. The molecule has 1 aliphatic rings. The van der Waals surface area contributed by atoms with Crippen LogP contribution in [0.4, 0.5) is 0 Å². The first-order chi connectivity index (χ1) is 10.4. The number of esters is 1. The Labute approximate surface area is 131 Å². The minimum absolute atomic E-state index is 0.0149. The number of hydrogen-bond donors (Lipinski definition) is 0. The van der Waals surface area contributed by atoms with Crippen molar-refractivity contribution in [2.75, 3.05) is 0 Å². The van der Waals surface area contributed by atoms with Crippen LogP contribution in [0.15, 0.2) is 54.1 Å². The number of rotatable bonds is 3. The number of benzene rings is 2. The van der Waals surface area contributed by atoms with Crippen LogP contribution < -0.4 is 4.74 Å². The van der Waals surface area contributed by atoms with Crippen molar-refractivity contribution in [1.82, 2.24) is 0 Å². The minimum Gasteiger partial charge on any atom is -0.426 e. The van der Waals surface area contributed by atoms with E-state index in [-0.39, 0.29) is 23.2 Å². The molecule has 1 fully saturated rings. The maximum atomic E-state index is 12.6. The van der Waals surface area contributed by atoms with E-state index >= 15 is 0 Å². The zero-order valence-electron chi connectivity index (χ0n) is 13.6. The van der Waals surface area contributed by atoms with Crippen molar-refractivity contribution < 1.29 is 9.53 Å². The molecule has 0 saturated heterocycles. The van der Waals surface area contributed by atoms with Crippen molar-refractivity contribution in [2.45, 2.75) is 27.7 Å². The molecule has 0 aliphatic heterocycles. The third-order valence-electron chi connectivity index (χ3n) is 4.64. The molecule has 1 saturated carbocycles. The van der Waals surface area contributed by atoms with Gasteiger partial charge in [0.05, 0.1) is 5.92 Å². The topological polar surface area (TPSA) is 26.3 Å². The van der Waals surface area contributed by atoms with Crippen LogP contribution in [0.1, 0.15) is 27.7 Å². The standard InChI is InChI=1S/C20H22O2/c1-13(2)12-16-18(20(16,3)4)19(21)22-17-11-7-9-14-8-5-6-10-15(14)17/h5-12,16,18H,1-4H3. The van der Waals surface area contributed by atoms with Crippen molar-refractivity contribution in [1.29, 1.82) is 0 Å². The number of hydrogen-bond acceptors (Lipinski definition) is 2. The Bertz CT molecular complexity index is 746. The minimum atomic E-state index is -0.121. The van der Waals surface area contributed by atoms with Gasteiger partial charge in [-0.25, -0.2) is 0 Å². The van der Waals surface area contributed by atoms with Gasteiger partial charge in [0, 0.05) is 5.39 Å². The fourth-order valence-electron chi connectivity index (χ4n) is 3.25. The first kappa shape index (κ1) is 14.8. The van der Waals surface area contributed by atoms with E-state index in [1.807, 2.05) is 42.5 Å². The van der Waals surface area contributed by atoms with Crippen LogP contribution >= 0.6 is 0 Å². The molecule has 22 heavy (non-hydrogen) atoms. The number of carbonyl (C=O) groups is 1. The van der Waals surface area contributed by atoms with E-state index in [1.54, 1.807) is 0 Å². The second-order valence-electron chi connectivity index (χ2n) is 6.97. The van der Waals surface area contributed by atoms with Gasteiger partial charge in [-0.1, -0.05) is 61.9 Å². The molecule has 0 aromatic heterocycles. The molecule has 2 atom stereocenters. The van der Waals surface area contributed by atoms with Gasteiger partial charge in [-0.15, -0.1) is 0 Å². The average Bonchev–Trinajstić information content (AvgIpc) is 2.99. The van der Waals surface area contributed by atoms with Crippen LogP contribution in [0.2, 0.25) is 0 Å². The molecule has 2 unspecified atom stereocenters. The van der Waals surface area contributed by atoms with Crippen LogP contribution in [0.5, 0.6) is 5.75 Å². The highest BCUT2D eigenvalue weighted by Gasteiger charge is 2.61. The molecule has 114 valence electrons. The molecule has 2 heteroatoms. The van der Waals surface area contributed by atoms with Gasteiger partial charge in [0.15, 0.2) is 0 Å². The summed E-state index contributed by atoms with van der Waals surface area (Å²) in [4.78, 5) is 12.6. The lowest BCUT2D eigenvalue weighted by atomic mass is 10.1. The quantitative estimate of drug-likeness (QED) is 0.453. The SMILES string of the molecule is CC(C)=CC1C(C(=O)Oc2cccc3ccccc23)C1(C)C. The summed E-state index contributed by atoms with van der Waals surface area (Å²) in [6.07, 6.45) is 2.19. The highest BCUT2D eigenvalue weighted by atomic mass is 16.5. The Morgan fingerprint density at radius 1 is 1.09 bits per heavy atom. The van der Waals surface area contributed by atoms with E-state index < -0.39 is 0 Å². The van der Waals surface area contributed by atoms with E-state index in [1.165, 1.54) is 5.57 Å². The maximum absolute atomic E-state index is 12.6. The second kappa shape index (κ2) is 5.28. The molecule has 1 aliphatic carbocycles. The van der Waals surface area contributed by atoms with Crippen molar-refractivity contribution >= 4 is 16.7 Å². The summed E-state index contributed by atoms with van der Waals surface area (Å²) in [6.45, 7) is 8.40. The van der Waals surface area contributed by atoms with E-state index in [2.05, 4.69) is 33.8 Å². The van der Waals surface area contributed by atoms with Crippen LogP contribution in [-0.4, -0.2) is 5.97 Å². The number of allylic oxidation sites excluding steroid dienone is 2. The first-order valence-electron chi connectivity index (χ1n) is 7.76. The summed E-state index contributed by atoms with van der Waals surface area (Å²) in [6, 6.07) is 13.8. The van der Waals surface area contributed by atoms with Gasteiger partial charge in [-0.3, -0.25) is 4.79 Å². The lowest BCUT2D eigenvalue weighted by molar-refractivity contribution is -0.136. The van der Waals surface area contributed by atoms with Gasteiger partial charge >= 0.3 is 5.97 Å². The average molecular weight is 294 g/mol. The van der Waals surface area contributed by atoms with Gasteiger partial charge < -0.3 is 4.74 Å². The molecule has 3 rings (SSSR count). The predicted molar refractivity (Wildman–Crippen MR) is 89.8 cm³/mol. The fourth-order valence-corrected chi connectivity index (χ4v) is 3.25. The monoisotopic (exact) mass is 294 g/mol. The van der Waals surface area contributed by atoms with Gasteiger partial charge in [-0.2, -0.15) is 0 Å². The summed E-state index contributed by atoms with van der Waals surface area (Å²) >= 11 is 0. The zero-order chi connectivity index (χ0) is 15.9. The largest absolute Gasteiger partial charge is 0.426 e. The predicted octanol–water partition coefficient (Wildman–Crippen LogP) is 4.98. The number of ether oxygens (including phenoxy) is 1. The molecular weight excluding hydrogens is 272 g/mol. The fraction of sp³-hybridized carbons (Fsp3) is 0.350. The third kappa shape index (κ3) is 2.54. The number of fused-ring (bicyclic) bond motifs is 1. The summed E-state index contributed by atoms with van der Waals surface area (Å²) in [5.74, 6) is 0.756. The Morgan fingerprint density at radius 3 is 2.50 bits per heavy atom. The van der Waals surface area contributed by atoms with Gasteiger partial charge in [0.2, 0.25) is 0 Å². The van der Waals surface area contributed by atoms with Gasteiger partial charge in [0.25, 0.3) is 0 Å². The molecule has 0 N–H and O–H groups in total. The Kier molecular flexibility index (Phi) is 3.56. The van der Waals surface area contributed by atoms with Crippen molar-refractivity contribution in [2.24, 2.45) is 17.3 Å². The Hall–Kier alpha value is -2.09. The highest BCUT2D eigenvalue weighted by molar-refractivity contribution is 5.91. The van der Waals surface area contributed by atoms with E-state index in [0.29, 0.717) is 5.75 Å². The van der Waals surface area contributed by atoms with Crippen LogP contribution in [0, 0.1) is 17.3 Å². The van der Waals surface area contributed by atoms with Crippen LogP contribution in [-0.2, 0) is 4.79 Å². The Balaban J connectivity index is 1.84. The molecule has 0 spiro atoms. The van der Waals surface area contributed by atoms with Crippen molar-refractivity contribution in [3.63, 3.8) is 0 Å². The molecule has 0 radical (unpaired) electrons. The van der Waals surface area contributed by atoms with Crippen molar-refractivity contribution in [3.05, 3.63) is 54.1 Å². The molecule has 2 nitrogen and oxygen atoms in total. The second-order valence-corrected chi connectivity index (χ2v) is 6.97. The summed E-state index contributed by atoms with van der Waals surface area (Å²) in [7, 11) is 0. The van der Waals surface area contributed by atoms with Crippen LogP contribution in [0.3, 0.4) is 0 Å². The molecule has 2 aromatic carbocycles. The molecule has 0 amide bonds. The molecule has 0 heterocycles. The highest BCUT2D eigenvalue weighted by Crippen LogP contribution is 2.59. The molecule has 0 bridgehead atoms. The zero-order valence-corrected chi connectivity index (χ0v) is 13.6. The first-order valence-corrected chi connectivity index (χ1v) is 7.76. The van der Waals surface area contributed by atoms with E-state index in [9.17, 15) is 4.79 Å². The summed E-state index contributed by atoms with van der Waals surface area (Å²) in [5.41, 5.74) is 1.23.